The van der Waals surface area contributed by atoms with Gasteiger partial charge in [0.2, 0.25) is 5.91 Å². The second-order valence-electron chi connectivity index (χ2n) is 9.58. The highest BCUT2D eigenvalue weighted by atomic mass is 32.2. The minimum absolute atomic E-state index is 0.116. The lowest BCUT2D eigenvalue weighted by Gasteiger charge is -2.20. The van der Waals surface area contributed by atoms with Crippen LogP contribution in [0.2, 0.25) is 0 Å². The third kappa shape index (κ3) is 7.06. The maximum Gasteiger partial charge on any atom is 0.253 e. The molecule has 4 rings (SSSR count). The van der Waals surface area contributed by atoms with Gasteiger partial charge >= 0.3 is 0 Å². The second kappa shape index (κ2) is 11.2. The van der Waals surface area contributed by atoms with Crippen molar-refractivity contribution in [3.8, 4) is 0 Å². The number of nitrogens with one attached hydrogen (secondary N) is 2. The van der Waals surface area contributed by atoms with Gasteiger partial charge in [-0.25, -0.2) is 4.99 Å². The number of amidine groups is 1. The van der Waals surface area contributed by atoms with Gasteiger partial charge in [-0.2, -0.15) is 0 Å². The number of rotatable bonds is 7. The topological polar surface area (TPSA) is 94.0 Å². The Morgan fingerprint density at radius 1 is 1.29 bits per heavy atom. The number of aromatic nitrogens is 1. The van der Waals surface area contributed by atoms with Crippen LogP contribution in [-0.2, 0) is 26.4 Å². The summed E-state index contributed by atoms with van der Waals surface area (Å²) < 4.78 is 13.2. The first-order chi connectivity index (χ1) is 16.8. The number of ether oxygens (including phenoxy) is 2. The highest BCUT2D eigenvalue weighted by Crippen LogP contribution is 2.25. The summed E-state index contributed by atoms with van der Waals surface area (Å²) in [4.78, 5) is 29.5. The van der Waals surface area contributed by atoms with Crippen molar-refractivity contribution in [1.29, 1.82) is 0 Å². The zero-order valence-corrected chi connectivity index (χ0v) is 21.2. The molecule has 0 spiro atoms. The predicted molar refractivity (Wildman–Crippen MR) is 138 cm³/mol. The molecule has 186 valence electrons. The smallest absolute Gasteiger partial charge is 0.253 e. The van der Waals surface area contributed by atoms with E-state index in [1.807, 2.05) is 34.4 Å². The van der Waals surface area contributed by atoms with Crippen molar-refractivity contribution in [2.45, 2.75) is 45.4 Å². The van der Waals surface area contributed by atoms with Crippen molar-refractivity contribution in [2.75, 3.05) is 25.5 Å². The Kier molecular flexibility index (Phi) is 8.10. The number of amides is 2. The molecule has 1 atom stereocenters. The van der Waals surface area contributed by atoms with Crippen LogP contribution < -0.4 is 10.6 Å². The van der Waals surface area contributed by atoms with E-state index in [9.17, 15) is 9.59 Å². The van der Waals surface area contributed by atoms with Crippen LogP contribution >= 0.6 is 11.8 Å². The number of benzene rings is 1. The van der Waals surface area contributed by atoms with E-state index in [0.29, 0.717) is 30.4 Å². The Hall–Kier alpha value is -2.88. The molecule has 2 aliphatic heterocycles. The number of aliphatic imine (C=N–C) groups is 1. The molecule has 2 amide bonds. The molecule has 8 nitrogen and oxygen atoms in total. The summed E-state index contributed by atoms with van der Waals surface area (Å²) in [5.74, 6) is 0.527. The van der Waals surface area contributed by atoms with Crippen molar-refractivity contribution in [2.24, 2.45) is 4.99 Å². The Bertz CT molecular complexity index is 1130. The van der Waals surface area contributed by atoms with E-state index in [0.717, 1.165) is 29.9 Å². The quantitative estimate of drug-likeness (QED) is 0.612. The predicted octanol–water partition coefficient (Wildman–Crippen LogP) is 3.54. The van der Waals surface area contributed by atoms with Crippen LogP contribution in [0.3, 0.4) is 0 Å². The van der Waals surface area contributed by atoms with Crippen LogP contribution in [0.25, 0.3) is 5.70 Å². The summed E-state index contributed by atoms with van der Waals surface area (Å²) in [7, 11) is 0. The summed E-state index contributed by atoms with van der Waals surface area (Å²) in [6.07, 6.45) is 4.73. The average Bonchev–Trinajstić information content (AvgIpc) is 3.54. The fraction of sp³-hybridized carbons (Fsp3) is 0.423. The summed E-state index contributed by atoms with van der Waals surface area (Å²) in [5, 5.41) is 7.49. The maximum absolute atomic E-state index is 12.5. The lowest BCUT2D eigenvalue weighted by Crippen LogP contribution is -2.40. The van der Waals surface area contributed by atoms with Gasteiger partial charge in [-0.15, -0.1) is 11.8 Å². The maximum atomic E-state index is 12.5. The Morgan fingerprint density at radius 3 is 2.89 bits per heavy atom. The summed E-state index contributed by atoms with van der Waals surface area (Å²) >= 11 is 1.57. The molecule has 1 unspecified atom stereocenters. The van der Waals surface area contributed by atoms with E-state index in [2.05, 4.69) is 42.5 Å². The molecule has 1 fully saturated rings. The SMILES string of the molecule is CC(C)(C)n1ccc(C(=O)NCC(=O)NC2=NC(c3cccc(COC4CCOC4)c3)=CSC2)c1. The molecule has 0 bridgehead atoms. The van der Waals surface area contributed by atoms with Crippen molar-refractivity contribution < 1.29 is 19.1 Å². The van der Waals surface area contributed by atoms with Crippen LogP contribution in [0.5, 0.6) is 0 Å². The molecule has 9 heteroatoms. The highest BCUT2D eigenvalue weighted by molar-refractivity contribution is 8.03. The number of hydrogen-bond acceptors (Lipinski definition) is 6. The van der Waals surface area contributed by atoms with Crippen LogP contribution in [0.4, 0.5) is 0 Å². The highest BCUT2D eigenvalue weighted by Gasteiger charge is 2.18. The molecule has 1 saturated heterocycles. The van der Waals surface area contributed by atoms with Crippen LogP contribution in [-0.4, -0.2) is 53.8 Å². The van der Waals surface area contributed by atoms with Crippen molar-refractivity contribution in [3.05, 3.63) is 64.8 Å². The Morgan fingerprint density at radius 2 is 2.14 bits per heavy atom. The van der Waals surface area contributed by atoms with Gasteiger partial charge in [-0.3, -0.25) is 9.59 Å². The van der Waals surface area contributed by atoms with Gasteiger partial charge in [0, 0.05) is 30.1 Å². The zero-order chi connectivity index (χ0) is 24.8. The molecule has 1 aromatic heterocycles. The fourth-order valence-corrected chi connectivity index (χ4v) is 4.42. The van der Waals surface area contributed by atoms with E-state index in [-0.39, 0.29) is 30.0 Å². The summed E-state index contributed by atoms with van der Waals surface area (Å²) in [6.45, 7) is 7.98. The number of hydrogen-bond donors (Lipinski definition) is 2. The van der Waals surface area contributed by atoms with E-state index in [1.165, 1.54) is 0 Å². The van der Waals surface area contributed by atoms with E-state index in [1.54, 1.807) is 24.0 Å². The van der Waals surface area contributed by atoms with E-state index >= 15 is 0 Å². The summed E-state index contributed by atoms with van der Waals surface area (Å²) in [5.41, 5.74) is 3.22. The lowest BCUT2D eigenvalue weighted by atomic mass is 10.1. The van der Waals surface area contributed by atoms with Crippen molar-refractivity contribution >= 4 is 35.1 Å². The Labute approximate surface area is 210 Å². The molecular formula is C26H32N4O4S. The molecule has 1 aromatic carbocycles. The van der Waals surface area contributed by atoms with Crippen molar-refractivity contribution in [3.63, 3.8) is 0 Å². The molecule has 2 aromatic rings. The number of nitrogens with zero attached hydrogens (tertiary/aromatic N) is 2. The van der Waals surface area contributed by atoms with Gasteiger partial charge in [0.25, 0.3) is 5.91 Å². The second-order valence-corrected chi connectivity index (χ2v) is 10.4. The first kappa shape index (κ1) is 25.2. The van der Waals surface area contributed by atoms with Gasteiger partial charge in [0.1, 0.15) is 5.84 Å². The summed E-state index contributed by atoms with van der Waals surface area (Å²) in [6, 6.07) is 9.81. The van der Waals surface area contributed by atoms with Gasteiger partial charge in [-0.1, -0.05) is 18.2 Å². The molecule has 35 heavy (non-hydrogen) atoms. The van der Waals surface area contributed by atoms with Crippen LogP contribution in [0, 0.1) is 0 Å². The molecule has 3 heterocycles. The first-order valence-corrected chi connectivity index (χ1v) is 12.8. The normalized spacial score (nSPS) is 18.1. The average molecular weight is 497 g/mol. The minimum atomic E-state index is -0.310. The minimum Gasteiger partial charge on any atom is -0.379 e. The third-order valence-corrected chi connectivity index (χ3v) is 6.52. The molecule has 2 N–H and O–H groups in total. The monoisotopic (exact) mass is 496 g/mol. The lowest BCUT2D eigenvalue weighted by molar-refractivity contribution is -0.118. The van der Waals surface area contributed by atoms with E-state index in [4.69, 9.17) is 9.47 Å². The van der Waals surface area contributed by atoms with Gasteiger partial charge in [0.15, 0.2) is 0 Å². The number of carbonyl (C=O) groups is 2. The molecule has 0 saturated carbocycles. The van der Waals surface area contributed by atoms with Crippen molar-refractivity contribution in [1.82, 2.24) is 15.2 Å². The van der Waals surface area contributed by atoms with E-state index < -0.39 is 0 Å². The zero-order valence-electron chi connectivity index (χ0n) is 20.4. The van der Waals surface area contributed by atoms with Crippen LogP contribution in [0.15, 0.2) is 53.1 Å². The standard InChI is InChI=1S/C26H32N4O4S/c1-26(2,3)30-9-7-20(13-30)25(32)27-12-24(31)29-23-17-35-16-22(28-23)19-6-4-5-18(11-19)14-34-21-8-10-33-15-21/h4-7,9,11,13,16,21H,8,10,12,14-15,17H2,1-3H3,(H,27,32)(H,28,29,31). The largest absolute Gasteiger partial charge is 0.379 e. The molecular weight excluding hydrogens is 464 g/mol. The molecule has 2 aliphatic rings. The number of carbonyl (C=O) groups excluding carboxylic acids is 2. The molecule has 0 radical (unpaired) electrons. The third-order valence-electron chi connectivity index (χ3n) is 5.69. The van der Waals surface area contributed by atoms with Crippen LogP contribution in [0.1, 0.15) is 48.7 Å². The Balaban J connectivity index is 1.30. The first-order valence-electron chi connectivity index (χ1n) is 11.7. The van der Waals surface area contributed by atoms with Gasteiger partial charge < -0.3 is 24.7 Å². The van der Waals surface area contributed by atoms with Gasteiger partial charge in [0.05, 0.1) is 42.9 Å². The fourth-order valence-electron chi connectivity index (χ4n) is 3.69. The van der Waals surface area contributed by atoms with Gasteiger partial charge in [-0.05, 0) is 50.3 Å². The number of thioether (sulfide) groups is 1. The molecule has 0 aliphatic carbocycles.